The number of hydrogen-bond acceptors (Lipinski definition) is 6. The molecule has 0 amide bonds. The van der Waals surface area contributed by atoms with Crippen LogP contribution in [0.15, 0.2) is 54.6 Å². The van der Waals surface area contributed by atoms with E-state index < -0.39 is 0 Å². The zero-order valence-electron chi connectivity index (χ0n) is 16.3. The predicted octanol–water partition coefficient (Wildman–Crippen LogP) is 4.63. The number of benzene rings is 2. The number of aromatic nitrogens is 2. The molecule has 6 heteroatoms. The summed E-state index contributed by atoms with van der Waals surface area (Å²) in [4.78, 5) is 20.7. The van der Waals surface area contributed by atoms with Crippen molar-refractivity contribution in [2.45, 2.75) is 27.3 Å². The quantitative estimate of drug-likeness (QED) is 0.586. The highest BCUT2D eigenvalue weighted by atomic mass is 16.5. The average molecular weight is 376 g/mol. The molecule has 0 atom stereocenters. The Kier molecular flexibility index (Phi) is 6.22. The minimum absolute atomic E-state index is 0.324. The van der Waals surface area contributed by atoms with Crippen LogP contribution in [0.4, 0.5) is 17.5 Å². The first-order valence-corrected chi connectivity index (χ1v) is 9.23. The lowest BCUT2D eigenvalue weighted by Gasteiger charge is -2.11. The maximum Gasteiger partial charge on any atom is 0.338 e. The van der Waals surface area contributed by atoms with Crippen LogP contribution in [0.5, 0.6) is 0 Å². The first-order valence-electron chi connectivity index (χ1n) is 9.23. The summed E-state index contributed by atoms with van der Waals surface area (Å²) in [7, 11) is 0. The van der Waals surface area contributed by atoms with E-state index in [0.717, 1.165) is 11.4 Å². The molecule has 0 radical (unpaired) electrons. The molecule has 1 aromatic heterocycles. The number of nitrogens with zero attached hydrogens (tertiary/aromatic N) is 2. The normalized spacial score (nSPS) is 10.4. The van der Waals surface area contributed by atoms with Gasteiger partial charge in [-0.2, -0.15) is 4.98 Å². The van der Waals surface area contributed by atoms with Crippen LogP contribution in [0.1, 0.15) is 34.1 Å². The van der Waals surface area contributed by atoms with Gasteiger partial charge in [0.1, 0.15) is 5.82 Å². The smallest absolute Gasteiger partial charge is 0.338 e. The molecule has 3 rings (SSSR count). The number of rotatable bonds is 7. The van der Waals surface area contributed by atoms with Crippen molar-refractivity contribution in [2.75, 3.05) is 17.2 Å². The second-order valence-electron chi connectivity index (χ2n) is 6.42. The lowest BCUT2D eigenvalue weighted by molar-refractivity contribution is 0.0526. The molecule has 3 aromatic rings. The third-order valence-corrected chi connectivity index (χ3v) is 4.22. The van der Waals surface area contributed by atoms with E-state index in [0.29, 0.717) is 30.5 Å². The second kappa shape index (κ2) is 8.99. The molecule has 0 aliphatic carbocycles. The third-order valence-electron chi connectivity index (χ3n) is 4.22. The monoisotopic (exact) mass is 376 g/mol. The molecule has 0 spiro atoms. The molecular weight excluding hydrogens is 352 g/mol. The van der Waals surface area contributed by atoms with Gasteiger partial charge in [-0.15, -0.1) is 0 Å². The van der Waals surface area contributed by atoms with Gasteiger partial charge in [-0.1, -0.05) is 24.3 Å². The Balaban J connectivity index is 1.69. The van der Waals surface area contributed by atoms with Gasteiger partial charge in [-0.3, -0.25) is 0 Å². The molecule has 144 valence electrons. The van der Waals surface area contributed by atoms with E-state index in [-0.39, 0.29) is 5.97 Å². The maximum absolute atomic E-state index is 11.7. The van der Waals surface area contributed by atoms with Crippen LogP contribution in [0, 0.1) is 13.8 Å². The fourth-order valence-corrected chi connectivity index (χ4v) is 2.75. The van der Waals surface area contributed by atoms with Gasteiger partial charge in [0, 0.05) is 24.0 Å². The Morgan fingerprint density at radius 3 is 2.50 bits per heavy atom. The number of esters is 1. The molecule has 2 aromatic carbocycles. The summed E-state index contributed by atoms with van der Waals surface area (Å²) in [6.45, 7) is 6.81. The Bertz CT molecular complexity index is 955. The number of hydrogen-bond donors (Lipinski definition) is 2. The van der Waals surface area contributed by atoms with Gasteiger partial charge in [-0.05, 0) is 56.2 Å². The van der Waals surface area contributed by atoms with Gasteiger partial charge >= 0.3 is 5.97 Å². The molecule has 28 heavy (non-hydrogen) atoms. The molecule has 1 heterocycles. The van der Waals surface area contributed by atoms with Crippen molar-refractivity contribution >= 4 is 23.4 Å². The molecule has 0 bridgehead atoms. The fraction of sp³-hybridized carbons (Fsp3) is 0.227. The average Bonchev–Trinajstić information content (AvgIpc) is 2.68. The standard InChI is InChI=1S/C22H24N4O2/c1-4-28-21(27)17-9-11-19(12-10-17)25-20-13-16(3)24-22(26-20)23-14-18-8-6-5-7-15(18)2/h5-13H,4,14H2,1-3H3,(H2,23,24,25,26). The van der Waals surface area contributed by atoms with Crippen LogP contribution in [0.25, 0.3) is 0 Å². The first-order chi connectivity index (χ1) is 13.5. The van der Waals surface area contributed by atoms with Crippen molar-refractivity contribution in [3.05, 3.63) is 77.0 Å². The summed E-state index contributed by atoms with van der Waals surface area (Å²) < 4.78 is 5.00. The van der Waals surface area contributed by atoms with Gasteiger partial charge in [0.15, 0.2) is 0 Å². The van der Waals surface area contributed by atoms with Crippen LogP contribution in [-0.4, -0.2) is 22.5 Å². The SMILES string of the molecule is CCOC(=O)c1ccc(Nc2cc(C)nc(NCc3ccccc3C)n2)cc1. The van der Waals surface area contributed by atoms with Crippen LogP contribution in [0.2, 0.25) is 0 Å². The lowest BCUT2D eigenvalue weighted by atomic mass is 10.1. The minimum atomic E-state index is -0.324. The van der Waals surface area contributed by atoms with Crippen LogP contribution >= 0.6 is 0 Å². The van der Waals surface area contributed by atoms with Crippen LogP contribution in [-0.2, 0) is 11.3 Å². The fourth-order valence-electron chi connectivity index (χ4n) is 2.75. The van der Waals surface area contributed by atoms with Crippen molar-refractivity contribution in [1.29, 1.82) is 0 Å². The molecule has 6 nitrogen and oxygen atoms in total. The van der Waals surface area contributed by atoms with E-state index in [9.17, 15) is 4.79 Å². The Labute approximate surface area is 165 Å². The molecule has 0 saturated carbocycles. The van der Waals surface area contributed by atoms with E-state index in [1.807, 2.05) is 37.3 Å². The van der Waals surface area contributed by atoms with E-state index in [1.54, 1.807) is 19.1 Å². The molecule has 0 aliphatic heterocycles. The van der Waals surface area contributed by atoms with Gasteiger partial charge in [-0.25, -0.2) is 9.78 Å². The molecule has 0 saturated heterocycles. The summed E-state index contributed by atoms with van der Waals surface area (Å²) in [5.41, 5.74) is 4.63. The van der Waals surface area contributed by atoms with Crippen molar-refractivity contribution in [2.24, 2.45) is 0 Å². The summed E-state index contributed by atoms with van der Waals surface area (Å²) in [5.74, 6) is 0.923. The minimum Gasteiger partial charge on any atom is -0.462 e. The Morgan fingerprint density at radius 2 is 1.79 bits per heavy atom. The third kappa shape index (κ3) is 5.07. The van der Waals surface area contributed by atoms with Gasteiger partial charge in [0.2, 0.25) is 5.95 Å². The number of aryl methyl sites for hydroxylation is 2. The van der Waals surface area contributed by atoms with Crippen molar-refractivity contribution < 1.29 is 9.53 Å². The number of carbonyl (C=O) groups is 1. The lowest BCUT2D eigenvalue weighted by Crippen LogP contribution is -2.07. The highest BCUT2D eigenvalue weighted by Gasteiger charge is 2.07. The Hall–Kier alpha value is -3.41. The zero-order chi connectivity index (χ0) is 19.9. The van der Waals surface area contributed by atoms with E-state index >= 15 is 0 Å². The first kappa shape index (κ1) is 19.4. The highest BCUT2D eigenvalue weighted by Crippen LogP contribution is 2.18. The number of carbonyl (C=O) groups excluding carboxylic acids is 1. The van der Waals surface area contributed by atoms with Crippen molar-refractivity contribution in [3.8, 4) is 0 Å². The molecule has 0 aliphatic rings. The maximum atomic E-state index is 11.7. The van der Waals surface area contributed by atoms with Crippen molar-refractivity contribution in [3.63, 3.8) is 0 Å². The molecule has 0 unspecified atom stereocenters. The summed E-state index contributed by atoms with van der Waals surface area (Å²) in [6.07, 6.45) is 0. The van der Waals surface area contributed by atoms with E-state index in [1.165, 1.54) is 11.1 Å². The van der Waals surface area contributed by atoms with Crippen LogP contribution in [0.3, 0.4) is 0 Å². The molecule has 0 fully saturated rings. The number of anilines is 3. The zero-order valence-corrected chi connectivity index (χ0v) is 16.3. The van der Waals surface area contributed by atoms with Gasteiger partial charge in [0.25, 0.3) is 0 Å². The highest BCUT2D eigenvalue weighted by molar-refractivity contribution is 5.89. The summed E-state index contributed by atoms with van der Waals surface area (Å²) in [6, 6.07) is 17.2. The van der Waals surface area contributed by atoms with Gasteiger partial charge < -0.3 is 15.4 Å². The molecular formula is C22H24N4O2. The summed E-state index contributed by atoms with van der Waals surface area (Å²) >= 11 is 0. The number of ether oxygens (including phenoxy) is 1. The van der Waals surface area contributed by atoms with E-state index in [4.69, 9.17) is 4.74 Å². The van der Waals surface area contributed by atoms with Crippen LogP contribution < -0.4 is 10.6 Å². The second-order valence-corrected chi connectivity index (χ2v) is 6.42. The van der Waals surface area contributed by atoms with E-state index in [2.05, 4.69) is 39.7 Å². The van der Waals surface area contributed by atoms with Crippen molar-refractivity contribution in [1.82, 2.24) is 9.97 Å². The number of nitrogens with one attached hydrogen (secondary N) is 2. The topological polar surface area (TPSA) is 76.1 Å². The van der Waals surface area contributed by atoms with Gasteiger partial charge in [0.05, 0.1) is 12.2 Å². The Morgan fingerprint density at radius 1 is 1.04 bits per heavy atom. The predicted molar refractivity (Wildman–Crippen MR) is 111 cm³/mol. The summed E-state index contributed by atoms with van der Waals surface area (Å²) in [5, 5.41) is 6.53. The molecule has 2 N–H and O–H groups in total. The largest absolute Gasteiger partial charge is 0.462 e.